The first kappa shape index (κ1) is 15.5. The second-order valence-electron chi connectivity index (χ2n) is 4.91. The van der Waals surface area contributed by atoms with Crippen molar-refractivity contribution < 1.29 is 19.1 Å². The minimum Gasteiger partial charge on any atom is -0.408 e. The van der Waals surface area contributed by atoms with E-state index in [4.69, 9.17) is 20.9 Å². The lowest BCUT2D eigenvalue weighted by Crippen LogP contribution is -2.41. The van der Waals surface area contributed by atoms with E-state index in [9.17, 15) is 9.59 Å². The first-order valence-electron chi connectivity index (χ1n) is 5.61. The van der Waals surface area contributed by atoms with Crippen molar-refractivity contribution in [1.82, 2.24) is 0 Å². The molecule has 0 saturated heterocycles. The number of carbonyl (C=O) groups is 2. The van der Waals surface area contributed by atoms with Gasteiger partial charge in [-0.1, -0.05) is 34.1 Å². The van der Waals surface area contributed by atoms with Gasteiger partial charge in [-0.15, -0.1) is 0 Å². The predicted molar refractivity (Wildman–Crippen MR) is 63.0 cm³/mol. The molecule has 0 aromatic rings. The van der Waals surface area contributed by atoms with Gasteiger partial charge in [-0.25, -0.2) is 9.59 Å². The van der Waals surface area contributed by atoms with E-state index in [1.165, 1.54) is 0 Å². The molecule has 0 rings (SSSR count). The molecule has 0 bridgehead atoms. The molecule has 0 heterocycles. The normalized spacial score (nSPS) is 13.2. The molecule has 6 heteroatoms. The van der Waals surface area contributed by atoms with Gasteiger partial charge in [0, 0.05) is 5.41 Å². The summed E-state index contributed by atoms with van der Waals surface area (Å²) in [6, 6.07) is 0. The van der Waals surface area contributed by atoms with Crippen LogP contribution in [-0.2, 0) is 9.47 Å². The minimum atomic E-state index is -1.06. The first-order valence-corrected chi connectivity index (χ1v) is 5.61. The highest BCUT2D eigenvalue weighted by atomic mass is 16.7. The van der Waals surface area contributed by atoms with E-state index in [0.717, 1.165) is 6.42 Å². The Morgan fingerprint density at radius 2 is 1.59 bits per heavy atom. The zero-order chi connectivity index (χ0) is 13.6. The average molecular weight is 246 g/mol. The Balaban J connectivity index is 4.73. The number of carbonyl (C=O) groups excluding carboxylic acids is 2. The highest BCUT2D eigenvalue weighted by molar-refractivity contribution is 5.67. The summed E-state index contributed by atoms with van der Waals surface area (Å²) in [5.74, 6) is 0.403. The van der Waals surface area contributed by atoms with Crippen molar-refractivity contribution in [3.05, 3.63) is 0 Å². The van der Waals surface area contributed by atoms with Crippen LogP contribution in [0.3, 0.4) is 0 Å². The first-order chi connectivity index (χ1) is 7.69. The number of hydrogen-bond donors (Lipinski definition) is 2. The highest BCUT2D eigenvalue weighted by Gasteiger charge is 2.36. The van der Waals surface area contributed by atoms with Crippen LogP contribution in [0.2, 0.25) is 0 Å². The second kappa shape index (κ2) is 6.32. The molecular formula is C11H22N2O4. The third-order valence-electron chi connectivity index (χ3n) is 2.66. The van der Waals surface area contributed by atoms with Gasteiger partial charge in [0.2, 0.25) is 0 Å². The molecule has 4 N–H and O–H groups in total. The van der Waals surface area contributed by atoms with E-state index < -0.39 is 23.9 Å². The largest absolute Gasteiger partial charge is 0.408 e. The Hall–Kier alpha value is -1.46. The third kappa shape index (κ3) is 5.99. The lowest BCUT2D eigenvalue weighted by atomic mass is 9.81. The van der Waals surface area contributed by atoms with Crippen LogP contribution in [0.25, 0.3) is 0 Å². The Labute approximate surface area is 102 Å². The molecule has 6 nitrogen and oxygen atoms in total. The summed E-state index contributed by atoms with van der Waals surface area (Å²) in [6.07, 6.45) is -1.36. The zero-order valence-electron chi connectivity index (χ0n) is 10.9. The molecule has 0 aliphatic carbocycles. The molecule has 0 spiro atoms. The zero-order valence-corrected chi connectivity index (χ0v) is 10.9. The fraction of sp³-hybridized carbons (Fsp3) is 0.818. The van der Waals surface area contributed by atoms with Crippen molar-refractivity contribution in [2.75, 3.05) is 0 Å². The molecule has 1 unspecified atom stereocenters. The van der Waals surface area contributed by atoms with E-state index >= 15 is 0 Å². The monoisotopic (exact) mass is 246 g/mol. The van der Waals surface area contributed by atoms with E-state index in [-0.39, 0.29) is 0 Å². The van der Waals surface area contributed by atoms with Crippen molar-refractivity contribution in [3.63, 3.8) is 0 Å². The van der Waals surface area contributed by atoms with Gasteiger partial charge in [-0.3, -0.25) is 0 Å². The number of nitrogens with two attached hydrogens (primary N) is 2. The lowest BCUT2D eigenvalue weighted by Gasteiger charge is -2.33. The summed E-state index contributed by atoms with van der Waals surface area (Å²) >= 11 is 0. The van der Waals surface area contributed by atoms with Gasteiger partial charge >= 0.3 is 12.2 Å². The van der Waals surface area contributed by atoms with Gasteiger partial charge in [-0.05, 0) is 12.3 Å². The van der Waals surface area contributed by atoms with E-state index in [0.29, 0.717) is 12.3 Å². The Morgan fingerprint density at radius 1 is 1.18 bits per heavy atom. The highest BCUT2D eigenvalue weighted by Crippen LogP contribution is 2.33. The Morgan fingerprint density at radius 3 is 1.88 bits per heavy atom. The van der Waals surface area contributed by atoms with Crippen molar-refractivity contribution >= 4 is 12.2 Å². The topological polar surface area (TPSA) is 105 Å². The molecule has 0 radical (unpaired) electrons. The van der Waals surface area contributed by atoms with Gasteiger partial charge in [0.05, 0.1) is 0 Å². The van der Waals surface area contributed by atoms with Crippen LogP contribution in [0, 0.1) is 11.3 Å². The average Bonchev–Trinajstić information content (AvgIpc) is 2.14. The van der Waals surface area contributed by atoms with Crippen molar-refractivity contribution in [2.45, 2.75) is 46.8 Å². The summed E-state index contributed by atoms with van der Waals surface area (Å²) in [5.41, 5.74) is 9.33. The third-order valence-corrected chi connectivity index (χ3v) is 2.66. The molecule has 1 atom stereocenters. The minimum absolute atomic E-state index is 0.403. The smallest absolute Gasteiger partial charge is 0.407 e. The standard InChI is InChI=1S/C11H22N2O4/c1-5-7(2)6-11(3,4)8(16-9(12)14)17-10(13)15/h7-8H,5-6H2,1-4H3,(H2,12,14)(H2,13,15). The van der Waals surface area contributed by atoms with Crippen LogP contribution < -0.4 is 11.5 Å². The number of rotatable bonds is 6. The molecule has 0 fully saturated rings. The van der Waals surface area contributed by atoms with Crippen LogP contribution in [0.5, 0.6) is 0 Å². The molecule has 2 amide bonds. The number of ether oxygens (including phenoxy) is 2. The molecular weight excluding hydrogens is 224 g/mol. The van der Waals surface area contributed by atoms with E-state index in [2.05, 4.69) is 13.8 Å². The molecule has 0 saturated carbocycles. The van der Waals surface area contributed by atoms with Gasteiger partial charge in [0.15, 0.2) is 0 Å². The van der Waals surface area contributed by atoms with Crippen LogP contribution >= 0.6 is 0 Å². The lowest BCUT2D eigenvalue weighted by molar-refractivity contribution is -0.130. The summed E-state index contributed by atoms with van der Waals surface area (Å²) in [6.45, 7) is 7.78. The van der Waals surface area contributed by atoms with E-state index in [1.807, 2.05) is 13.8 Å². The fourth-order valence-corrected chi connectivity index (χ4v) is 1.69. The Kier molecular flexibility index (Phi) is 5.78. The molecule has 0 aromatic heterocycles. The number of primary amides is 2. The van der Waals surface area contributed by atoms with Crippen LogP contribution in [0.1, 0.15) is 40.5 Å². The van der Waals surface area contributed by atoms with E-state index in [1.54, 1.807) is 0 Å². The summed E-state index contributed by atoms with van der Waals surface area (Å²) in [7, 11) is 0. The van der Waals surface area contributed by atoms with Gasteiger partial charge < -0.3 is 20.9 Å². The van der Waals surface area contributed by atoms with Crippen molar-refractivity contribution in [3.8, 4) is 0 Å². The van der Waals surface area contributed by atoms with Gasteiger partial charge in [0.1, 0.15) is 0 Å². The molecule has 0 aliphatic heterocycles. The van der Waals surface area contributed by atoms with Crippen LogP contribution in [-0.4, -0.2) is 18.5 Å². The van der Waals surface area contributed by atoms with Crippen LogP contribution in [0.4, 0.5) is 9.59 Å². The molecule has 0 aromatic carbocycles. The molecule has 0 aliphatic rings. The number of amides is 2. The van der Waals surface area contributed by atoms with Crippen LogP contribution in [0.15, 0.2) is 0 Å². The molecule has 17 heavy (non-hydrogen) atoms. The van der Waals surface area contributed by atoms with Gasteiger partial charge in [-0.2, -0.15) is 0 Å². The summed E-state index contributed by atoms with van der Waals surface area (Å²) in [5, 5.41) is 0. The summed E-state index contributed by atoms with van der Waals surface area (Å²) < 4.78 is 9.57. The van der Waals surface area contributed by atoms with Crippen molar-refractivity contribution in [2.24, 2.45) is 22.8 Å². The number of hydrogen-bond acceptors (Lipinski definition) is 4. The maximum atomic E-state index is 10.8. The fourth-order valence-electron chi connectivity index (χ4n) is 1.69. The SMILES string of the molecule is CCC(C)CC(C)(C)C(OC(N)=O)OC(N)=O. The maximum Gasteiger partial charge on any atom is 0.407 e. The Bertz CT molecular complexity index is 263. The maximum absolute atomic E-state index is 10.8. The summed E-state index contributed by atoms with van der Waals surface area (Å²) in [4.78, 5) is 21.5. The predicted octanol–water partition coefficient (Wildman–Crippen LogP) is 1.97. The van der Waals surface area contributed by atoms with Gasteiger partial charge in [0.25, 0.3) is 6.29 Å². The quantitative estimate of drug-likeness (QED) is 0.699. The second-order valence-corrected chi connectivity index (χ2v) is 4.91. The molecule has 100 valence electrons. The van der Waals surface area contributed by atoms with Crippen molar-refractivity contribution in [1.29, 1.82) is 0 Å².